The maximum atomic E-state index is 14.2. The summed E-state index contributed by atoms with van der Waals surface area (Å²) in [5.41, 5.74) is 1.87. The second-order valence-corrected chi connectivity index (χ2v) is 18.5. The van der Waals surface area contributed by atoms with E-state index in [1.165, 1.54) is 4.90 Å². The third kappa shape index (κ3) is 10.7. The van der Waals surface area contributed by atoms with E-state index in [0.29, 0.717) is 57.8 Å². The van der Waals surface area contributed by atoms with Crippen molar-refractivity contribution in [3.05, 3.63) is 23.3 Å². The van der Waals surface area contributed by atoms with E-state index in [1.807, 2.05) is 33.8 Å². The SMILES string of the molecule is CCC1C=C(C)CC(C)CC(OC)C2OC(O)(C(=O)C(=O)N3CCCCC3C(=O)OC(C(C)=CC3(Br)CCCC(O)C3)C(C)CCC1=O)C(C)CC2OC. The Kier molecular flexibility index (Phi) is 16.1. The number of halogens is 1. The summed E-state index contributed by atoms with van der Waals surface area (Å²) < 4.78 is 23.9. The van der Waals surface area contributed by atoms with Crippen LogP contribution in [0, 0.1) is 23.7 Å². The Balaban J connectivity index is 1.75. The summed E-state index contributed by atoms with van der Waals surface area (Å²) in [7, 11) is 3.10. The first-order valence-electron chi connectivity index (χ1n) is 20.2. The molecule has 12 unspecified atom stereocenters. The Labute approximate surface area is 331 Å². The summed E-state index contributed by atoms with van der Waals surface area (Å²) >= 11 is 3.87. The zero-order chi connectivity index (χ0) is 40.0. The van der Waals surface area contributed by atoms with Crippen LogP contribution in [0.2, 0.25) is 0 Å². The lowest BCUT2D eigenvalue weighted by molar-refractivity contribution is -0.302. The molecule has 0 radical (unpaired) electrons. The van der Waals surface area contributed by atoms with Gasteiger partial charge < -0.3 is 34.1 Å². The first kappa shape index (κ1) is 44.8. The molecule has 54 heavy (non-hydrogen) atoms. The topological polar surface area (TPSA) is 149 Å². The molecule has 3 aliphatic heterocycles. The molecule has 12 heteroatoms. The van der Waals surface area contributed by atoms with E-state index in [0.717, 1.165) is 30.4 Å². The van der Waals surface area contributed by atoms with Gasteiger partial charge in [0.2, 0.25) is 5.79 Å². The van der Waals surface area contributed by atoms with E-state index in [9.17, 15) is 29.4 Å². The van der Waals surface area contributed by atoms with Crippen LogP contribution in [0.3, 0.4) is 0 Å². The van der Waals surface area contributed by atoms with Crippen LogP contribution in [-0.2, 0) is 38.1 Å². The number of Topliss-reactive ketones (excluding diaryl/α,β-unsaturated/α-hetero) is 2. The van der Waals surface area contributed by atoms with Gasteiger partial charge in [-0.15, -0.1) is 0 Å². The van der Waals surface area contributed by atoms with Gasteiger partial charge in [-0.25, -0.2) is 4.79 Å². The summed E-state index contributed by atoms with van der Waals surface area (Å²) in [6.07, 6.45) is 8.34. The van der Waals surface area contributed by atoms with E-state index in [-0.39, 0.29) is 36.5 Å². The highest BCUT2D eigenvalue weighted by atomic mass is 79.9. The minimum Gasteiger partial charge on any atom is -0.456 e. The second kappa shape index (κ2) is 19.5. The van der Waals surface area contributed by atoms with E-state index < -0.39 is 70.3 Å². The lowest BCUT2D eigenvalue weighted by Crippen LogP contribution is -2.64. The third-order valence-corrected chi connectivity index (χ3v) is 13.3. The molecule has 11 nitrogen and oxygen atoms in total. The number of cyclic esters (lactones) is 1. The number of alkyl halides is 1. The van der Waals surface area contributed by atoms with Crippen LogP contribution in [0.5, 0.6) is 0 Å². The maximum Gasteiger partial charge on any atom is 0.329 e. The van der Waals surface area contributed by atoms with Crippen LogP contribution >= 0.6 is 15.9 Å². The van der Waals surface area contributed by atoms with E-state index >= 15 is 0 Å². The summed E-state index contributed by atoms with van der Waals surface area (Å²) in [5.74, 6) is -6.28. The van der Waals surface area contributed by atoms with Crippen LogP contribution in [0.1, 0.15) is 125 Å². The van der Waals surface area contributed by atoms with Crippen LogP contribution in [0.4, 0.5) is 0 Å². The number of ketones is 2. The number of rotatable bonds is 5. The van der Waals surface area contributed by atoms with Gasteiger partial charge in [0.05, 0.1) is 18.3 Å². The highest BCUT2D eigenvalue weighted by Crippen LogP contribution is 2.41. The van der Waals surface area contributed by atoms with Crippen molar-refractivity contribution in [2.24, 2.45) is 23.7 Å². The van der Waals surface area contributed by atoms with Crippen molar-refractivity contribution in [1.29, 1.82) is 0 Å². The number of piperidine rings is 1. The molecular weight excluding hydrogens is 758 g/mol. The number of hydrogen-bond donors (Lipinski definition) is 2. The van der Waals surface area contributed by atoms with Crippen molar-refractivity contribution in [3.8, 4) is 0 Å². The first-order valence-corrected chi connectivity index (χ1v) is 21.0. The zero-order valence-corrected chi connectivity index (χ0v) is 35.4. The zero-order valence-electron chi connectivity index (χ0n) is 33.8. The van der Waals surface area contributed by atoms with Gasteiger partial charge in [0.1, 0.15) is 24.0 Å². The maximum absolute atomic E-state index is 14.2. The smallest absolute Gasteiger partial charge is 0.329 e. The number of carbonyl (C=O) groups is 4. The molecule has 2 bridgehead atoms. The largest absolute Gasteiger partial charge is 0.456 e. The van der Waals surface area contributed by atoms with Crippen molar-refractivity contribution in [2.45, 2.75) is 172 Å². The number of aliphatic hydroxyl groups is 2. The lowest BCUT2D eigenvalue weighted by Gasteiger charge is -2.47. The predicted molar refractivity (Wildman–Crippen MR) is 209 cm³/mol. The molecule has 4 aliphatic rings. The number of amides is 1. The van der Waals surface area contributed by atoms with Gasteiger partial charge in [-0.3, -0.25) is 14.4 Å². The molecule has 2 saturated heterocycles. The van der Waals surface area contributed by atoms with Gasteiger partial charge in [-0.2, -0.15) is 0 Å². The summed E-state index contributed by atoms with van der Waals surface area (Å²) in [6.45, 7) is 11.8. The van der Waals surface area contributed by atoms with Crippen molar-refractivity contribution in [1.82, 2.24) is 4.90 Å². The molecular formula is C42H66BrNO10. The van der Waals surface area contributed by atoms with Crippen LogP contribution < -0.4 is 0 Å². The number of nitrogens with zero attached hydrogens (tertiary/aromatic N) is 1. The normalized spacial score (nSPS) is 40.3. The summed E-state index contributed by atoms with van der Waals surface area (Å²) in [4.78, 5) is 57.6. The van der Waals surface area contributed by atoms with E-state index in [1.54, 1.807) is 21.1 Å². The molecule has 2 N–H and O–H groups in total. The number of methoxy groups -OCH3 is 2. The van der Waals surface area contributed by atoms with Gasteiger partial charge in [0.15, 0.2) is 0 Å². The van der Waals surface area contributed by atoms with E-state index in [4.69, 9.17) is 18.9 Å². The first-order chi connectivity index (χ1) is 25.5. The fraction of sp³-hybridized carbons (Fsp3) is 0.810. The van der Waals surface area contributed by atoms with Crippen molar-refractivity contribution < 1.29 is 48.3 Å². The van der Waals surface area contributed by atoms with Crippen LogP contribution in [0.25, 0.3) is 0 Å². The van der Waals surface area contributed by atoms with Crippen molar-refractivity contribution in [3.63, 3.8) is 0 Å². The molecule has 0 aromatic rings. The molecule has 1 amide bonds. The summed E-state index contributed by atoms with van der Waals surface area (Å²) in [5, 5.41) is 22.5. The number of aliphatic hydroxyl groups excluding tert-OH is 1. The number of hydrogen-bond acceptors (Lipinski definition) is 10. The number of esters is 1. The molecule has 12 atom stereocenters. The van der Waals surface area contributed by atoms with Gasteiger partial charge in [-0.1, -0.05) is 61.4 Å². The standard InChI is InChI=1S/C42H66BrNO10/c1-9-30-20-25(2)19-26(3)21-34(51-7)37-35(52-8)22-29(6)42(50,54-37)38(47)39(48)44-18-11-10-14-32(44)40(49)53-36(27(4)15-16-33(30)46)28(5)23-41(43)17-12-13-31(45)24-41/h20,23,26-27,29-32,34-37,45,50H,9-19,21-22,24H2,1-8H3. The highest BCUT2D eigenvalue weighted by Gasteiger charge is 2.56. The number of ether oxygens (including phenoxy) is 4. The minimum atomic E-state index is -2.46. The Hall–Kier alpha value is -1.96. The van der Waals surface area contributed by atoms with Crippen molar-refractivity contribution >= 4 is 39.4 Å². The molecule has 0 aromatic carbocycles. The molecule has 3 fully saturated rings. The van der Waals surface area contributed by atoms with Crippen molar-refractivity contribution in [2.75, 3.05) is 20.8 Å². The number of fused-ring (bicyclic) bond motifs is 3. The predicted octanol–water partition coefficient (Wildman–Crippen LogP) is 6.39. The molecule has 1 aliphatic carbocycles. The molecule has 4 rings (SSSR count). The number of allylic oxidation sites excluding steroid dienone is 3. The Morgan fingerprint density at radius 2 is 1.72 bits per heavy atom. The van der Waals surface area contributed by atoms with Gasteiger partial charge >= 0.3 is 5.97 Å². The number of carbonyl (C=O) groups excluding carboxylic acids is 4. The van der Waals surface area contributed by atoms with Crippen LogP contribution in [0.15, 0.2) is 23.3 Å². The summed E-state index contributed by atoms with van der Waals surface area (Å²) in [6, 6.07) is -1.04. The highest BCUT2D eigenvalue weighted by molar-refractivity contribution is 9.10. The molecule has 3 heterocycles. The van der Waals surface area contributed by atoms with Gasteiger partial charge in [0.25, 0.3) is 11.7 Å². The average Bonchev–Trinajstić information content (AvgIpc) is 3.13. The lowest BCUT2D eigenvalue weighted by atomic mass is 9.82. The van der Waals surface area contributed by atoms with Gasteiger partial charge in [0, 0.05) is 43.3 Å². The Bertz CT molecular complexity index is 1400. The second-order valence-electron chi connectivity index (χ2n) is 16.9. The van der Waals surface area contributed by atoms with Crippen LogP contribution in [-0.4, -0.2) is 106 Å². The Morgan fingerprint density at radius 1 is 1.04 bits per heavy atom. The fourth-order valence-corrected chi connectivity index (χ4v) is 10.2. The molecule has 0 aromatic heterocycles. The third-order valence-electron chi connectivity index (χ3n) is 12.4. The quantitative estimate of drug-likeness (QED) is 0.138. The molecule has 306 valence electrons. The minimum absolute atomic E-state index is 0.0922. The Morgan fingerprint density at radius 3 is 2.37 bits per heavy atom. The monoisotopic (exact) mass is 823 g/mol. The average molecular weight is 825 g/mol. The molecule has 1 saturated carbocycles. The van der Waals surface area contributed by atoms with E-state index in [2.05, 4.69) is 28.9 Å². The van der Waals surface area contributed by atoms with Gasteiger partial charge in [-0.05, 0) is 108 Å². The fourth-order valence-electron chi connectivity index (χ4n) is 9.23. The molecule has 0 spiro atoms.